The molecule has 0 bridgehead atoms. The van der Waals surface area contributed by atoms with E-state index < -0.39 is 12.0 Å². The molecule has 1 rings (SSSR count). The number of hydrogen-bond donors (Lipinski definition) is 2. The molecule has 114 valence electrons. The van der Waals surface area contributed by atoms with E-state index in [1.165, 1.54) is 6.92 Å². The zero-order valence-corrected chi connectivity index (χ0v) is 13.6. The molecule has 0 heterocycles. The molecule has 2 N–H and O–H groups in total. The van der Waals surface area contributed by atoms with Crippen LogP contribution in [-0.2, 0) is 14.3 Å². The summed E-state index contributed by atoms with van der Waals surface area (Å²) < 4.78 is 5.44. The first kappa shape index (κ1) is 17.2. The average molecular weight is 357 g/mol. The quantitative estimate of drug-likeness (QED) is 0.791. The molecule has 0 saturated heterocycles. The number of carbonyl (C=O) groups excluding carboxylic acids is 3. The molecule has 1 aromatic rings. The predicted molar refractivity (Wildman–Crippen MR) is 82.0 cm³/mol. The van der Waals surface area contributed by atoms with E-state index in [0.717, 1.165) is 0 Å². The zero-order chi connectivity index (χ0) is 16.0. The number of esters is 1. The number of nitrogens with one attached hydrogen (secondary N) is 2. The maximum absolute atomic E-state index is 11.9. The molecule has 0 aliphatic carbocycles. The molecule has 0 aliphatic heterocycles. The number of ether oxygens (including phenoxy) is 1. The van der Waals surface area contributed by atoms with E-state index in [1.807, 2.05) is 0 Å². The fraction of sp³-hybridized carbons (Fsp3) is 0.357. The van der Waals surface area contributed by atoms with Crippen molar-refractivity contribution in [3.05, 3.63) is 28.2 Å². The Hall–Kier alpha value is -1.89. The smallest absolute Gasteiger partial charge is 0.338 e. The van der Waals surface area contributed by atoms with E-state index in [-0.39, 0.29) is 11.8 Å². The van der Waals surface area contributed by atoms with Gasteiger partial charge in [0.2, 0.25) is 11.8 Å². The minimum absolute atomic E-state index is 0.283. The average Bonchev–Trinajstić information content (AvgIpc) is 2.40. The van der Waals surface area contributed by atoms with Crippen LogP contribution in [-0.4, -0.2) is 30.4 Å². The Morgan fingerprint density at radius 1 is 1.33 bits per heavy atom. The van der Waals surface area contributed by atoms with Crippen LogP contribution in [0.15, 0.2) is 22.7 Å². The number of benzene rings is 1. The molecular weight excluding hydrogens is 340 g/mol. The second kappa shape index (κ2) is 7.78. The Morgan fingerprint density at radius 3 is 2.52 bits per heavy atom. The summed E-state index contributed by atoms with van der Waals surface area (Å²) in [4.78, 5) is 34.4. The van der Waals surface area contributed by atoms with Crippen LogP contribution in [0.3, 0.4) is 0 Å². The summed E-state index contributed by atoms with van der Waals surface area (Å²) in [6, 6.07) is 4.06. The van der Waals surface area contributed by atoms with Crippen molar-refractivity contribution in [2.24, 2.45) is 0 Å². The summed E-state index contributed by atoms with van der Waals surface area (Å²) in [6.07, 6.45) is 0. The minimum Gasteiger partial charge on any atom is -0.462 e. The van der Waals surface area contributed by atoms with Gasteiger partial charge in [-0.1, -0.05) is 0 Å². The highest BCUT2D eigenvalue weighted by atomic mass is 79.9. The minimum atomic E-state index is -0.654. The molecule has 6 nitrogen and oxygen atoms in total. The number of amides is 2. The molecule has 7 heteroatoms. The highest BCUT2D eigenvalue weighted by Crippen LogP contribution is 2.24. The molecule has 0 aromatic heterocycles. The number of rotatable bonds is 5. The van der Waals surface area contributed by atoms with Gasteiger partial charge in [0.15, 0.2) is 0 Å². The fourth-order valence-electron chi connectivity index (χ4n) is 1.57. The van der Waals surface area contributed by atoms with Gasteiger partial charge in [-0.25, -0.2) is 4.79 Å². The highest BCUT2D eigenvalue weighted by molar-refractivity contribution is 9.10. The third-order valence-corrected chi connectivity index (χ3v) is 3.21. The van der Waals surface area contributed by atoms with Gasteiger partial charge in [0.25, 0.3) is 0 Å². The van der Waals surface area contributed by atoms with Gasteiger partial charge >= 0.3 is 5.97 Å². The van der Waals surface area contributed by atoms with Gasteiger partial charge in [-0.2, -0.15) is 0 Å². The van der Waals surface area contributed by atoms with Crippen molar-refractivity contribution in [2.75, 3.05) is 11.9 Å². The number of carbonyl (C=O) groups is 3. The summed E-state index contributed by atoms with van der Waals surface area (Å²) in [6.45, 7) is 4.94. The summed E-state index contributed by atoms with van der Waals surface area (Å²) in [5, 5.41) is 5.15. The lowest BCUT2D eigenvalue weighted by Crippen LogP contribution is -2.40. The Bertz CT molecular complexity index is 560. The Labute approximate surface area is 131 Å². The second-order valence-corrected chi connectivity index (χ2v) is 5.18. The lowest BCUT2D eigenvalue weighted by molar-refractivity contribution is -0.124. The molecule has 0 saturated carbocycles. The predicted octanol–water partition coefficient (Wildman–Crippen LogP) is 2.09. The first-order valence-corrected chi connectivity index (χ1v) is 7.19. The standard InChI is InChI=1S/C14H17BrN2O4/c1-4-21-14(20)10-5-6-12(11(15)7-10)17-13(19)8(2)16-9(3)18/h5-8H,4H2,1-3H3,(H,16,18)(H,17,19). The Morgan fingerprint density at radius 2 is 2.00 bits per heavy atom. The van der Waals surface area contributed by atoms with Crippen LogP contribution in [0.5, 0.6) is 0 Å². The third-order valence-electron chi connectivity index (χ3n) is 2.55. The van der Waals surface area contributed by atoms with Gasteiger partial charge < -0.3 is 15.4 Å². The van der Waals surface area contributed by atoms with E-state index in [4.69, 9.17) is 4.74 Å². The summed E-state index contributed by atoms with van der Waals surface area (Å²) in [7, 11) is 0. The van der Waals surface area contributed by atoms with Crippen molar-refractivity contribution in [1.82, 2.24) is 5.32 Å². The summed E-state index contributed by atoms with van der Waals surface area (Å²) >= 11 is 3.29. The van der Waals surface area contributed by atoms with Crippen molar-refractivity contribution < 1.29 is 19.1 Å². The van der Waals surface area contributed by atoms with Crippen LogP contribution < -0.4 is 10.6 Å². The topological polar surface area (TPSA) is 84.5 Å². The third kappa shape index (κ3) is 5.18. The van der Waals surface area contributed by atoms with Gasteiger partial charge in [0.1, 0.15) is 6.04 Å². The van der Waals surface area contributed by atoms with Crippen LogP contribution in [0, 0.1) is 0 Å². The first-order valence-electron chi connectivity index (χ1n) is 6.39. The van der Waals surface area contributed by atoms with Gasteiger partial charge in [-0.15, -0.1) is 0 Å². The second-order valence-electron chi connectivity index (χ2n) is 4.33. The molecule has 21 heavy (non-hydrogen) atoms. The van der Waals surface area contributed by atoms with E-state index >= 15 is 0 Å². The van der Waals surface area contributed by atoms with Crippen molar-refractivity contribution in [2.45, 2.75) is 26.8 Å². The zero-order valence-electron chi connectivity index (χ0n) is 12.0. The molecule has 1 aromatic carbocycles. The highest BCUT2D eigenvalue weighted by Gasteiger charge is 2.16. The van der Waals surface area contributed by atoms with Crippen molar-refractivity contribution in [3.63, 3.8) is 0 Å². The lowest BCUT2D eigenvalue weighted by atomic mass is 10.2. The largest absolute Gasteiger partial charge is 0.462 e. The molecule has 0 spiro atoms. The first-order chi connectivity index (χ1) is 9.85. The fourth-order valence-corrected chi connectivity index (χ4v) is 2.05. The maximum atomic E-state index is 11.9. The van der Waals surface area contributed by atoms with E-state index in [9.17, 15) is 14.4 Å². The van der Waals surface area contributed by atoms with Crippen molar-refractivity contribution >= 4 is 39.4 Å². The molecule has 0 radical (unpaired) electrons. The lowest BCUT2D eigenvalue weighted by Gasteiger charge is -2.14. The Balaban J connectivity index is 2.79. The molecule has 0 aliphatic rings. The van der Waals surface area contributed by atoms with Gasteiger partial charge in [0.05, 0.1) is 17.9 Å². The number of halogens is 1. The van der Waals surface area contributed by atoms with Crippen LogP contribution in [0.1, 0.15) is 31.1 Å². The summed E-state index contributed by atoms with van der Waals surface area (Å²) in [5.41, 5.74) is 0.891. The van der Waals surface area contributed by atoms with Crippen LogP contribution in [0.4, 0.5) is 5.69 Å². The molecule has 1 unspecified atom stereocenters. The molecule has 0 fully saturated rings. The number of hydrogen-bond acceptors (Lipinski definition) is 4. The molecular formula is C14H17BrN2O4. The van der Waals surface area contributed by atoms with Crippen LogP contribution >= 0.6 is 15.9 Å². The number of anilines is 1. The maximum Gasteiger partial charge on any atom is 0.338 e. The molecule has 2 amide bonds. The van der Waals surface area contributed by atoms with E-state index in [2.05, 4.69) is 26.6 Å². The van der Waals surface area contributed by atoms with Crippen LogP contribution in [0.25, 0.3) is 0 Å². The Kier molecular flexibility index (Phi) is 6.36. The summed E-state index contributed by atoms with van der Waals surface area (Å²) in [5.74, 6) is -1.06. The van der Waals surface area contributed by atoms with Crippen molar-refractivity contribution in [3.8, 4) is 0 Å². The monoisotopic (exact) mass is 356 g/mol. The van der Waals surface area contributed by atoms with Gasteiger partial charge in [-0.05, 0) is 48.0 Å². The van der Waals surface area contributed by atoms with Gasteiger partial charge in [0, 0.05) is 11.4 Å². The van der Waals surface area contributed by atoms with Crippen LogP contribution in [0.2, 0.25) is 0 Å². The van der Waals surface area contributed by atoms with Crippen molar-refractivity contribution in [1.29, 1.82) is 0 Å². The van der Waals surface area contributed by atoms with E-state index in [1.54, 1.807) is 32.0 Å². The normalized spacial score (nSPS) is 11.4. The SMILES string of the molecule is CCOC(=O)c1ccc(NC(=O)C(C)NC(C)=O)c(Br)c1. The van der Waals surface area contributed by atoms with E-state index in [0.29, 0.717) is 22.3 Å². The molecule has 1 atom stereocenters. The van der Waals surface area contributed by atoms with Gasteiger partial charge in [-0.3, -0.25) is 9.59 Å².